The molecular weight excluding hydrogens is 252 g/mol. The third-order valence-corrected chi connectivity index (χ3v) is 1.02. The maximum absolute atomic E-state index is 9.83. The van der Waals surface area contributed by atoms with Gasteiger partial charge in [-0.3, -0.25) is 9.63 Å². The van der Waals surface area contributed by atoms with Crippen molar-refractivity contribution in [3.8, 4) is 0 Å². The highest BCUT2D eigenvalue weighted by atomic mass is 16.7. The van der Waals surface area contributed by atoms with E-state index >= 15 is 0 Å². The lowest BCUT2D eigenvalue weighted by Gasteiger charge is -2.16. The Morgan fingerprint density at radius 3 is 1.26 bits per heavy atom. The van der Waals surface area contributed by atoms with E-state index in [4.69, 9.17) is 14.7 Å². The second kappa shape index (κ2) is 16.7. The fraction of sp³-hybridized carbons (Fsp3) is 0.750. The van der Waals surface area contributed by atoms with Crippen molar-refractivity contribution in [1.29, 1.82) is 0 Å². The van der Waals surface area contributed by atoms with Crippen LogP contribution in [0.25, 0.3) is 0 Å². The summed E-state index contributed by atoms with van der Waals surface area (Å²) in [5, 5.41) is 7.00. The fourth-order valence-corrected chi connectivity index (χ4v) is 0.334. The molecule has 0 aromatic rings. The van der Waals surface area contributed by atoms with Crippen molar-refractivity contribution < 1.29 is 24.3 Å². The second-order valence-electron chi connectivity index (χ2n) is 4.61. The summed E-state index contributed by atoms with van der Waals surface area (Å²) in [6.07, 6.45) is 1.50. The van der Waals surface area contributed by atoms with Crippen LogP contribution in [0.15, 0.2) is 0 Å². The number of hydrogen-bond acceptors (Lipinski definition) is 6. The molecule has 0 radical (unpaired) electrons. The summed E-state index contributed by atoms with van der Waals surface area (Å²) in [5.74, 6) is 0. The summed E-state index contributed by atoms with van der Waals surface area (Å²) < 4.78 is 0. The van der Waals surface area contributed by atoms with Gasteiger partial charge in [-0.2, -0.15) is 0 Å². The Balaban J connectivity index is -0.0000000888. The van der Waals surface area contributed by atoms with Gasteiger partial charge in [-0.15, -0.1) is 0 Å². The maximum Gasteiger partial charge on any atom is 0.204 e. The number of aliphatic hydroxyl groups is 1. The summed E-state index contributed by atoms with van der Waals surface area (Å²) in [5.41, 5.74) is 5.94. The topological polar surface area (TPSA) is 119 Å². The van der Waals surface area contributed by atoms with Crippen LogP contribution in [-0.2, 0) is 19.2 Å². The molecule has 0 aliphatic carbocycles. The first-order valence-electron chi connectivity index (χ1n) is 5.47. The van der Waals surface area contributed by atoms with E-state index in [1.54, 1.807) is 20.9 Å². The van der Waals surface area contributed by atoms with Gasteiger partial charge in [-0.25, -0.2) is 5.48 Å². The zero-order valence-electron chi connectivity index (χ0n) is 12.9. The normalized spacial score (nSPS) is 9.26. The van der Waals surface area contributed by atoms with E-state index in [1.165, 1.54) is 0 Å². The highest BCUT2D eigenvalue weighted by Gasteiger charge is 2.12. The van der Waals surface area contributed by atoms with Crippen LogP contribution < -0.4 is 11.2 Å². The van der Waals surface area contributed by atoms with Crippen molar-refractivity contribution in [2.45, 2.75) is 40.2 Å². The lowest BCUT2D eigenvalue weighted by Crippen LogP contribution is -2.26. The number of aldehydes is 2. The van der Waals surface area contributed by atoms with Gasteiger partial charge in [-0.1, -0.05) is 0 Å². The molecule has 0 aromatic carbocycles. The Morgan fingerprint density at radius 2 is 1.26 bits per heavy atom. The number of carbonyl (C=O) groups is 3. The third-order valence-electron chi connectivity index (χ3n) is 1.02. The van der Waals surface area contributed by atoms with Crippen LogP contribution in [0.3, 0.4) is 0 Å². The minimum absolute atomic E-state index is 0.0608. The van der Waals surface area contributed by atoms with E-state index < -0.39 is 5.41 Å². The molecule has 0 fully saturated rings. The van der Waals surface area contributed by atoms with Crippen LogP contribution >= 0.6 is 0 Å². The Hall–Kier alpha value is -1.31. The van der Waals surface area contributed by atoms with Gasteiger partial charge < -0.3 is 20.4 Å². The van der Waals surface area contributed by atoms with Crippen LogP contribution in [0, 0.1) is 5.41 Å². The standard InChI is InChI=1S/C5H13NO.C5H8O2.CH3NO.CH4O/c1-5(2,3)7-6-4;1-5(2,3-6)4-7;2-1-3;1-2/h6H,1-4H3;3-4H,1-2H3;1H,(H2,2,3);2H,1H3. The van der Waals surface area contributed by atoms with Gasteiger partial charge in [0.25, 0.3) is 0 Å². The summed E-state index contributed by atoms with van der Waals surface area (Å²) in [6, 6.07) is 0. The third kappa shape index (κ3) is 47.7. The first kappa shape index (κ1) is 26.3. The lowest BCUT2D eigenvalue weighted by atomic mass is 9.99. The van der Waals surface area contributed by atoms with Gasteiger partial charge in [0.05, 0.1) is 11.0 Å². The zero-order valence-corrected chi connectivity index (χ0v) is 12.9. The molecule has 0 saturated carbocycles. The van der Waals surface area contributed by atoms with Crippen LogP contribution in [0.1, 0.15) is 34.6 Å². The van der Waals surface area contributed by atoms with Gasteiger partial charge in [-0.05, 0) is 34.6 Å². The van der Waals surface area contributed by atoms with E-state index in [9.17, 15) is 9.59 Å². The van der Waals surface area contributed by atoms with Crippen molar-refractivity contribution in [3.05, 3.63) is 0 Å². The Bertz CT molecular complexity index is 203. The number of nitrogens with two attached hydrogens (primary N) is 1. The minimum Gasteiger partial charge on any atom is -0.400 e. The quantitative estimate of drug-likeness (QED) is 0.382. The number of amides is 1. The SMILES string of the molecule is CC(C)(C=O)C=O.CNOC(C)(C)C.CO.NC=O. The first-order valence-corrected chi connectivity index (χ1v) is 5.47. The lowest BCUT2D eigenvalue weighted by molar-refractivity contribution is -0.124. The molecule has 0 unspecified atom stereocenters. The van der Waals surface area contributed by atoms with Crippen LogP contribution in [0.4, 0.5) is 0 Å². The summed E-state index contributed by atoms with van der Waals surface area (Å²) >= 11 is 0. The average Bonchev–Trinajstić information content (AvgIpc) is 2.32. The maximum atomic E-state index is 9.83. The van der Waals surface area contributed by atoms with Gasteiger partial charge >= 0.3 is 0 Å². The molecular formula is C12H28N2O5. The molecule has 0 aliphatic heterocycles. The summed E-state index contributed by atoms with van der Waals surface area (Å²) in [7, 11) is 2.76. The number of primary amides is 1. The fourth-order valence-electron chi connectivity index (χ4n) is 0.334. The molecule has 0 rings (SSSR count). The predicted molar refractivity (Wildman–Crippen MR) is 74.2 cm³/mol. The van der Waals surface area contributed by atoms with E-state index in [0.29, 0.717) is 12.6 Å². The van der Waals surface area contributed by atoms with Gasteiger partial charge in [0, 0.05) is 14.2 Å². The van der Waals surface area contributed by atoms with E-state index in [0.717, 1.165) is 7.11 Å². The molecule has 0 bridgehead atoms. The van der Waals surface area contributed by atoms with Crippen molar-refractivity contribution in [2.75, 3.05) is 14.2 Å². The predicted octanol–water partition coefficient (Wildman–Crippen LogP) is 0.0563. The molecule has 0 saturated heterocycles. The second-order valence-corrected chi connectivity index (χ2v) is 4.61. The van der Waals surface area contributed by atoms with Crippen molar-refractivity contribution in [1.82, 2.24) is 5.48 Å². The zero-order chi connectivity index (χ0) is 16.5. The van der Waals surface area contributed by atoms with Crippen molar-refractivity contribution >= 4 is 19.0 Å². The minimum atomic E-state index is -0.778. The summed E-state index contributed by atoms with van der Waals surface area (Å²) in [4.78, 5) is 33.2. The average molecular weight is 280 g/mol. The van der Waals surface area contributed by atoms with Crippen molar-refractivity contribution in [2.24, 2.45) is 11.1 Å². The molecule has 19 heavy (non-hydrogen) atoms. The largest absolute Gasteiger partial charge is 0.400 e. The number of hydroxylamine groups is 1. The Kier molecular flexibility index (Phi) is 23.1. The number of nitrogens with one attached hydrogen (secondary N) is 1. The van der Waals surface area contributed by atoms with Crippen LogP contribution in [0.2, 0.25) is 0 Å². The molecule has 4 N–H and O–H groups in total. The van der Waals surface area contributed by atoms with E-state index in [2.05, 4.69) is 11.2 Å². The first-order chi connectivity index (χ1) is 8.60. The number of aliphatic hydroxyl groups excluding tert-OH is 1. The van der Waals surface area contributed by atoms with Crippen LogP contribution in [-0.4, -0.2) is 43.8 Å². The Morgan fingerprint density at radius 1 is 1.00 bits per heavy atom. The van der Waals surface area contributed by atoms with Crippen LogP contribution in [0.5, 0.6) is 0 Å². The molecule has 0 heterocycles. The number of rotatable bonds is 3. The Labute approximate surface area is 115 Å². The summed E-state index contributed by atoms with van der Waals surface area (Å²) in [6.45, 7) is 9.09. The molecule has 116 valence electrons. The van der Waals surface area contributed by atoms with E-state index in [1.807, 2.05) is 20.8 Å². The van der Waals surface area contributed by atoms with E-state index in [-0.39, 0.29) is 12.0 Å². The highest BCUT2D eigenvalue weighted by Crippen LogP contribution is 2.03. The number of hydrogen-bond donors (Lipinski definition) is 3. The molecule has 0 spiro atoms. The monoisotopic (exact) mass is 280 g/mol. The van der Waals surface area contributed by atoms with Crippen molar-refractivity contribution in [3.63, 3.8) is 0 Å². The molecule has 7 heteroatoms. The molecule has 0 aromatic heterocycles. The molecule has 0 aliphatic rings. The smallest absolute Gasteiger partial charge is 0.204 e. The number of carbonyl (C=O) groups excluding carboxylic acids is 3. The molecule has 1 amide bonds. The highest BCUT2D eigenvalue weighted by molar-refractivity contribution is 5.82. The molecule has 0 atom stereocenters. The molecule has 7 nitrogen and oxygen atoms in total. The van der Waals surface area contributed by atoms with Gasteiger partial charge in [0.1, 0.15) is 12.6 Å². The van der Waals surface area contributed by atoms with Gasteiger partial charge in [0.15, 0.2) is 0 Å². The van der Waals surface area contributed by atoms with Gasteiger partial charge in [0.2, 0.25) is 6.41 Å².